The molecule has 1 rings (SSSR count). The van der Waals surface area contributed by atoms with Crippen molar-refractivity contribution in [1.82, 2.24) is 0 Å². The minimum Gasteiger partial charge on any atom is -0.478 e. The molecule has 19 heavy (non-hydrogen) atoms. The Morgan fingerprint density at radius 2 is 1.58 bits per heavy atom. The van der Waals surface area contributed by atoms with Crippen LogP contribution < -0.4 is 0 Å². The first-order valence-corrected chi connectivity index (χ1v) is 5.81. The molecule has 6 nitrogen and oxygen atoms in total. The number of carboxylic acid groups (broad SMARTS) is 2. The van der Waals surface area contributed by atoms with E-state index < -0.39 is 18.2 Å². The molecule has 0 spiro atoms. The zero-order chi connectivity index (χ0) is 14.8. The maximum absolute atomic E-state index is 10.4. The standard InChI is InChI=1S/C8H6O4.C5H12O2/c9-7(10)5-2-1-3-6(4-5)8(11)12;1-2-3-4-5(6)7/h1-4H,(H,9,10)(H,11,12);5-7H,2-4H2,1H3. The summed E-state index contributed by atoms with van der Waals surface area (Å²) in [6.07, 6.45) is 1.34. The van der Waals surface area contributed by atoms with Gasteiger partial charge < -0.3 is 20.4 Å². The van der Waals surface area contributed by atoms with Crippen molar-refractivity contribution in [1.29, 1.82) is 0 Å². The number of rotatable bonds is 5. The Bertz CT molecular complexity index is 384. The highest BCUT2D eigenvalue weighted by atomic mass is 16.5. The quantitative estimate of drug-likeness (QED) is 0.604. The summed E-state index contributed by atoms with van der Waals surface area (Å²) in [5.74, 6) is -2.25. The third-order valence-electron chi connectivity index (χ3n) is 2.17. The molecule has 0 saturated heterocycles. The van der Waals surface area contributed by atoms with Gasteiger partial charge in [0, 0.05) is 0 Å². The van der Waals surface area contributed by atoms with Gasteiger partial charge in [-0.3, -0.25) is 0 Å². The number of benzene rings is 1. The molecule has 0 saturated carbocycles. The number of carbonyl (C=O) groups is 2. The van der Waals surface area contributed by atoms with Crippen LogP contribution in [-0.2, 0) is 0 Å². The van der Waals surface area contributed by atoms with Crippen LogP contribution in [0.1, 0.15) is 46.9 Å². The highest BCUT2D eigenvalue weighted by Gasteiger charge is 2.06. The first-order chi connectivity index (χ1) is 8.88. The molecular weight excluding hydrogens is 252 g/mol. The van der Waals surface area contributed by atoms with Crippen LogP contribution >= 0.6 is 0 Å². The summed E-state index contributed by atoms with van der Waals surface area (Å²) in [5.41, 5.74) is -0.0372. The second-order valence-corrected chi connectivity index (χ2v) is 3.81. The largest absolute Gasteiger partial charge is 0.478 e. The Labute approximate surface area is 110 Å². The molecule has 0 atom stereocenters. The van der Waals surface area contributed by atoms with E-state index in [1.165, 1.54) is 18.2 Å². The highest BCUT2D eigenvalue weighted by Crippen LogP contribution is 2.04. The van der Waals surface area contributed by atoms with Crippen LogP contribution in [0.5, 0.6) is 0 Å². The zero-order valence-corrected chi connectivity index (χ0v) is 10.6. The van der Waals surface area contributed by atoms with Crippen molar-refractivity contribution >= 4 is 11.9 Å². The molecule has 6 heteroatoms. The molecule has 106 valence electrons. The minimum atomic E-state index is -1.13. The Hall–Kier alpha value is -1.92. The first kappa shape index (κ1) is 17.1. The molecule has 0 fully saturated rings. The van der Waals surface area contributed by atoms with E-state index in [2.05, 4.69) is 0 Å². The summed E-state index contributed by atoms with van der Waals surface area (Å²) in [7, 11) is 0. The number of hydrogen-bond acceptors (Lipinski definition) is 4. The molecule has 1 aromatic rings. The van der Waals surface area contributed by atoms with Gasteiger partial charge >= 0.3 is 11.9 Å². The lowest BCUT2D eigenvalue weighted by Gasteiger charge is -1.97. The van der Waals surface area contributed by atoms with E-state index in [1.54, 1.807) is 0 Å². The van der Waals surface area contributed by atoms with E-state index in [4.69, 9.17) is 20.4 Å². The molecule has 0 aromatic heterocycles. The lowest BCUT2D eigenvalue weighted by Crippen LogP contribution is -2.02. The fourth-order valence-corrected chi connectivity index (χ4v) is 1.17. The maximum Gasteiger partial charge on any atom is 0.335 e. The van der Waals surface area contributed by atoms with Gasteiger partial charge in [0.25, 0.3) is 0 Å². The van der Waals surface area contributed by atoms with Crippen LogP contribution in [0, 0.1) is 0 Å². The van der Waals surface area contributed by atoms with Crippen LogP contribution in [0.25, 0.3) is 0 Å². The molecule has 4 N–H and O–H groups in total. The van der Waals surface area contributed by atoms with E-state index in [0.29, 0.717) is 6.42 Å². The molecule has 0 heterocycles. The Balaban J connectivity index is 0.000000399. The van der Waals surface area contributed by atoms with E-state index in [9.17, 15) is 9.59 Å². The summed E-state index contributed by atoms with van der Waals surface area (Å²) in [5, 5.41) is 33.5. The smallest absolute Gasteiger partial charge is 0.335 e. The van der Waals surface area contributed by atoms with Crippen LogP contribution in [-0.4, -0.2) is 38.7 Å². The Morgan fingerprint density at radius 1 is 1.11 bits per heavy atom. The van der Waals surface area contributed by atoms with Crippen LogP contribution in [0.2, 0.25) is 0 Å². The van der Waals surface area contributed by atoms with Crippen molar-refractivity contribution in [3.8, 4) is 0 Å². The summed E-state index contributed by atoms with van der Waals surface area (Å²) in [6.45, 7) is 2.02. The average Bonchev–Trinajstić information content (AvgIpc) is 2.37. The van der Waals surface area contributed by atoms with E-state index in [1.807, 2.05) is 6.92 Å². The lowest BCUT2D eigenvalue weighted by atomic mass is 10.1. The second-order valence-electron chi connectivity index (χ2n) is 3.81. The maximum atomic E-state index is 10.4. The fourth-order valence-electron chi connectivity index (χ4n) is 1.17. The third kappa shape index (κ3) is 7.91. The molecular formula is C13H18O6. The predicted molar refractivity (Wildman–Crippen MR) is 68.1 cm³/mol. The van der Waals surface area contributed by atoms with Gasteiger partial charge in [-0.15, -0.1) is 0 Å². The molecule has 0 aliphatic heterocycles. The topological polar surface area (TPSA) is 115 Å². The molecule has 0 aliphatic rings. The summed E-state index contributed by atoms with van der Waals surface area (Å²) in [6, 6.07) is 5.20. The number of aliphatic hydroxyl groups excluding tert-OH is 1. The van der Waals surface area contributed by atoms with E-state index >= 15 is 0 Å². The van der Waals surface area contributed by atoms with Gasteiger partial charge in [0.05, 0.1) is 11.1 Å². The normalized spacial score (nSPS) is 9.68. The van der Waals surface area contributed by atoms with Crippen molar-refractivity contribution in [2.45, 2.75) is 32.5 Å². The third-order valence-corrected chi connectivity index (χ3v) is 2.17. The number of hydrogen-bond donors (Lipinski definition) is 4. The average molecular weight is 270 g/mol. The zero-order valence-electron chi connectivity index (χ0n) is 10.6. The summed E-state index contributed by atoms with van der Waals surface area (Å²) < 4.78 is 0. The number of aliphatic hydroxyl groups is 2. The number of unbranched alkanes of at least 4 members (excludes halogenated alkanes) is 1. The summed E-state index contributed by atoms with van der Waals surface area (Å²) in [4.78, 5) is 20.8. The van der Waals surface area contributed by atoms with Crippen molar-refractivity contribution < 1.29 is 30.0 Å². The van der Waals surface area contributed by atoms with Gasteiger partial charge in [0.15, 0.2) is 6.29 Å². The molecule has 0 aliphatic carbocycles. The highest BCUT2D eigenvalue weighted by molar-refractivity contribution is 5.93. The van der Waals surface area contributed by atoms with Gasteiger partial charge in [-0.2, -0.15) is 0 Å². The Kier molecular flexibility index (Phi) is 8.15. The predicted octanol–water partition coefficient (Wildman–Crippen LogP) is 1.57. The molecule has 0 radical (unpaired) electrons. The van der Waals surface area contributed by atoms with Crippen molar-refractivity contribution in [2.24, 2.45) is 0 Å². The van der Waals surface area contributed by atoms with Gasteiger partial charge in [0.1, 0.15) is 0 Å². The minimum absolute atomic E-state index is 0.0186. The van der Waals surface area contributed by atoms with Gasteiger partial charge in [-0.1, -0.05) is 19.4 Å². The van der Waals surface area contributed by atoms with Crippen molar-refractivity contribution in [3.05, 3.63) is 35.4 Å². The monoisotopic (exact) mass is 270 g/mol. The van der Waals surface area contributed by atoms with Gasteiger partial charge in [-0.05, 0) is 31.0 Å². The van der Waals surface area contributed by atoms with Gasteiger partial charge in [0.2, 0.25) is 0 Å². The molecule has 0 unspecified atom stereocenters. The first-order valence-electron chi connectivity index (χ1n) is 5.81. The van der Waals surface area contributed by atoms with Crippen molar-refractivity contribution in [3.63, 3.8) is 0 Å². The van der Waals surface area contributed by atoms with Crippen molar-refractivity contribution in [2.75, 3.05) is 0 Å². The number of carboxylic acids is 2. The molecule has 0 amide bonds. The van der Waals surface area contributed by atoms with Crippen LogP contribution in [0.3, 0.4) is 0 Å². The fraction of sp³-hybridized carbons (Fsp3) is 0.385. The van der Waals surface area contributed by atoms with E-state index in [-0.39, 0.29) is 11.1 Å². The van der Waals surface area contributed by atoms with E-state index in [0.717, 1.165) is 18.9 Å². The van der Waals surface area contributed by atoms with Crippen LogP contribution in [0.15, 0.2) is 24.3 Å². The summed E-state index contributed by atoms with van der Waals surface area (Å²) >= 11 is 0. The Morgan fingerprint density at radius 3 is 1.84 bits per heavy atom. The number of aromatic carboxylic acids is 2. The second kappa shape index (κ2) is 9.07. The lowest BCUT2D eigenvalue weighted by molar-refractivity contribution is -0.0463. The molecule has 0 bridgehead atoms. The SMILES string of the molecule is CCCCC(O)O.O=C(O)c1cccc(C(=O)O)c1. The van der Waals surface area contributed by atoms with Gasteiger partial charge in [-0.25, -0.2) is 9.59 Å². The molecule has 1 aromatic carbocycles. The van der Waals surface area contributed by atoms with Crippen LogP contribution in [0.4, 0.5) is 0 Å².